The Morgan fingerprint density at radius 2 is 1.79 bits per heavy atom. The molecule has 0 aliphatic carbocycles. The van der Waals surface area contributed by atoms with E-state index in [1.54, 1.807) is 54.6 Å². The van der Waals surface area contributed by atoms with Crippen molar-refractivity contribution in [3.8, 4) is 11.3 Å². The molecule has 12 nitrogen and oxygen atoms in total. The number of non-ortho nitro benzene ring substituents is 1. The number of amides is 2. The van der Waals surface area contributed by atoms with Crippen molar-refractivity contribution < 1.29 is 28.5 Å². The fourth-order valence-corrected chi connectivity index (χ4v) is 5.53. The largest absolute Gasteiger partial charge is 0.467 e. The number of carbonyl (C=O) groups excluding carboxylic acids is 3. The van der Waals surface area contributed by atoms with Crippen molar-refractivity contribution in [2.45, 2.75) is 25.4 Å². The molecule has 2 aromatic heterocycles. The molecule has 3 aromatic carbocycles. The Morgan fingerprint density at radius 1 is 1.02 bits per heavy atom. The molecule has 0 spiro atoms. The average Bonchev–Trinajstić information content (AvgIpc) is 3.77. The molecule has 0 radical (unpaired) electrons. The van der Waals surface area contributed by atoms with Crippen LogP contribution in [0.4, 0.5) is 11.4 Å². The Bertz CT molecular complexity index is 1900. The number of aromatic nitrogens is 2. The van der Waals surface area contributed by atoms with E-state index in [4.69, 9.17) is 9.15 Å². The first-order valence-corrected chi connectivity index (χ1v) is 16.3. The van der Waals surface area contributed by atoms with Crippen LogP contribution in [-0.2, 0) is 22.5 Å². The molecule has 5 rings (SSSR count). The number of nitrogens with zero attached hydrogens (tertiary/aromatic N) is 3. The van der Waals surface area contributed by atoms with Crippen LogP contribution in [0, 0.1) is 10.1 Å². The van der Waals surface area contributed by atoms with Crippen molar-refractivity contribution in [2.75, 3.05) is 24.4 Å². The number of esters is 1. The van der Waals surface area contributed by atoms with Crippen molar-refractivity contribution in [1.29, 1.82) is 0 Å². The van der Waals surface area contributed by atoms with E-state index in [9.17, 15) is 24.5 Å². The summed E-state index contributed by atoms with van der Waals surface area (Å²) in [6.45, 7) is 0.563. The van der Waals surface area contributed by atoms with Crippen molar-refractivity contribution >= 4 is 40.9 Å². The third-order valence-corrected chi connectivity index (χ3v) is 8.21. The third-order valence-electron chi connectivity index (χ3n) is 7.57. The zero-order valence-electron chi connectivity index (χ0n) is 26.3. The smallest absolute Gasteiger partial charge is 0.328 e. The van der Waals surface area contributed by atoms with E-state index < -0.39 is 28.7 Å². The van der Waals surface area contributed by atoms with Gasteiger partial charge in [-0.25, -0.2) is 9.78 Å². The van der Waals surface area contributed by atoms with Gasteiger partial charge in [0.05, 0.1) is 18.4 Å². The van der Waals surface area contributed by atoms with Gasteiger partial charge in [-0.2, -0.15) is 11.8 Å². The molecule has 0 aliphatic heterocycles. The van der Waals surface area contributed by atoms with E-state index in [0.717, 1.165) is 11.3 Å². The molecule has 0 aliphatic rings. The van der Waals surface area contributed by atoms with Crippen LogP contribution < -0.4 is 10.6 Å². The van der Waals surface area contributed by atoms with Crippen LogP contribution in [0.25, 0.3) is 11.3 Å². The number of nitro benzene ring substituents is 1. The van der Waals surface area contributed by atoms with E-state index in [1.807, 2.05) is 41.2 Å². The number of thioether (sulfide) groups is 1. The number of furan rings is 1. The van der Waals surface area contributed by atoms with Gasteiger partial charge in [0.15, 0.2) is 5.76 Å². The molecule has 1 atom stereocenters. The molecule has 2 heterocycles. The van der Waals surface area contributed by atoms with Gasteiger partial charge in [0.2, 0.25) is 0 Å². The Balaban J connectivity index is 1.29. The summed E-state index contributed by atoms with van der Waals surface area (Å²) in [5, 5.41) is 17.1. The lowest BCUT2D eigenvalue weighted by Gasteiger charge is -2.15. The summed E-state index contributed by atoms with van der Waals surface area (Å²) in [4.78, 5) is 53.7. The first-order valence-electron chi connectivity index (χ1n) is 14.9. The summed E-state index contributed by atoms with van der Waals surface area (Å²) in [5.74, 6) is -0.378. The number of methoxy groups -OCH3 is 1. The van der Waals surface area contributed by atoms with Gasteiger partial charge in [-0.05, 0) is 72.0 Å². The van der Waals surface area contributed by atoms with Crippen molar-refractivity contribution in [2.24, 2.45) is 0 Å². The number of hydrogen-bond donors (Lipinski definition) is 2. The normalized spacial score (nSPS) is 11.5. The summed E-state index contributed by atoms with van der Waals surface area (Å²) in [6.07, 6.45) is 5.96. The number of nitro groups is 1. The minimum absolute atomic E-state index is 0.0382. The first kappa shape index (κ1) is 33.7. The minimum atomic E-state index is -0.792. The molecule has 246 valence electrons. The Labute approximate surface area is 280 Å². The fourth-order valence-electron chi connectivity index (χ4n) is 5.06. The topological polar surface area (TPSA) is 159 Å². The first-order chi connectivity index (χ1) is 23.2. The lowest BCUT2D eigenvalue weighted by atomic mass is 10.0. The number of nitrogens with one attached hydrogen (secondary N) is 2. The highest BCUT2D eigenvalue weighted by atomic mass is 32.2. The molecule has 48 heavy (non-hydrogen) atoms. The maximum atomic E-state index is 13.5. The lowest BCUT2D eigenvalue weighted by molar-refractivity contribution is -0.384. The maximum Gasteiger partial charge on any atom is 0.328 e. The van der Waals surface area contributed by atoms with E-state index >= 15 is 0 Å². The monoisotopic (exact) mass is 667 g/mol. The zero-order valence-corrected chi connectivity index (χ0v) is 27.1. The molecule has 2 N–H and O–H groups in total. The van der Waals surface area contributed by atoms with E-state index in [-0.39, 0.29) is 17.9 Å². The van der Waals surface area contributed by atoms with Gasteiger partial charge in [0, 0.05) is 53.8 Å². The van der Waals surface area contributed by atoms with E-state index in [0.29, 0.717) is 46.9 Å². The fraction of sp³-hybridized carbons (Fsp3) is 0.200. The molecule has 5 aromatic rings. The number of rotatable bonds is 14. The number of ether oxygens (including phenoxy) is 1. The van der Waals surface area contributed by atoms with Crippen LogP contribution in [0.15, 0.2) is 102 Å². The summed E-state index contributed by atoms with van der Waals surface area (Å²) < 4.78 is 12.5. The zero-order chi connectivity index (χ0) is 34.0. The van der Waals surface area contributed by atoms with Gasteiger partial charge in [0.1, 0.15) is 11.8 Å². The van der Waals surface area contributed by atoms with Gasteiger partial charge in [-0.3, -0.25) is 19.7 Å². The second-order valence-corrected chi connectivity index (χ2v) is 11.8. The molecule has 0 saturated carbocycles. The lowest BCUT2D eigenvalue weighted by Crippen LogP contribution is -2.41. The highest BCUT2D eigenvalue weighted by Crippen LogP contribution is 2.26. The molecule has 2 amide bonds. The Kier molecular flexibility index (Phi) is 11.0. The summed E-state index contributed by atoms with van der Waals surface area (Å²) >= 11 is 1.55. The Hall–Kier alpha value is -5.69. The molecule has 0 fully saturated rings. The van der Waals surface area contributed by atoms with Gasteiger partial charge < -0.3 is 24.4 Å². The molecular formula is C35H33N5O7S. The number of carbonyl (C=O) groups is 3. The summed E-state index contributed by atoms with van der Waals surface area (Å²) in [5.41, 5.74) is 3.67. The molecule has 0 saturated heterocycles. The minimum Gasteiger partial charge on any atom is -0.467 e. The second kappa shape index (κ2) is 15.7. The molecular weight excluding hydrogens is 634 g/mol. The number of imidazole rings is 1. The van der Waals surface area contributed by atoms with Crippen LogP contribution in [0.5, 0.6) is 0 Å². The third kappa shape index (κ3) is 8.36. The van der Waals surface area contributed by atoms with E-state index in [2.05, 4.69) is 15.6 Å². The highest BCUT2D eigenvalue weighted by molar-refractivity contribution is 7.98. The van der Waals surface area contributed by atoms with Crippen molar-refractivity contribution in [1.82, 2.24) is 14.9 Å². The molecule has 13 heteroatoms. The maximum absolute atomic E-state index is 13.5. The van der Waals surface area contributed by atoms with Gasteiger partial charge >= 0.3 is 5.97 Å². The SMILES string of the molecule is COC(=O)C(CCSC)NC(=O)c1ccc(-c2ccc(NC(=O)c3ccc([N+](=O)[O-])cc3Cc3cncn3Cc3ccccc3)cc2)o1. The number of anilines is 1. The number of benzene rings is 3. The second-order valence-electron chi connectivity index (χ2n) is 10.8. The van der Waals surface area contributed by atoms with Crippen LogP contribution in [0.1, 0.15) is 44.2 Å². The highest BCUT2D eigenvalue weighted by Gasteiger charge is 2.24. The average molecular weight is 668 g/mol. The van der Waals surface area contributed by atoms with Gasteiger partial charge in [-0.1, -0.05) is 30.3 Å². The van der Waals surface area contributed by atoms with Crippen LogP contribution in [0.3, 0.4) is 0 Å². The summed E-state index contributed by atoms with van der Waals surface area (Å²) in [6, 6.07) is 23.2. The predicted octanol–water partition coefficient (Wildman–Crippen LogP) is 5.97. The standard InChI is InChI=1S/C35H33N5O7S/c1-46-35(43)30(16-17-48-2)38-34(42)32-15-14-31(47-32)24-8-10-26(11-9-24)37-33(41)29-13-12-27(40(44)45)18-25(29)19-28-20-36-22-39(28)21-23-6-4-3-5-7-23/h3-15,18,20,22,30H,16-17,19,21H2,1-2H3,(H,37,41)(H,38,42). The van der Waals surface area contributed by atoms with E-state index in [1.165, 1.54) is 31.4 Å². The predicted molar refractivity (Wildman–Crippen MR) is 182 cm³/mol. The van der Waals surface area contributed by atoms with Crippen LogP contribution in [0.2, 0.25) is 0 Å². The van der Waals surface area contributed by atoms with Gasteiger partial charge in [-0.15, -0.1) is 0 Å². The van der Waals surface area contributed by atoms with Crippen LogP contribution >= 0.6 is 11.8 Å². The Morgan fingerprint density at radius 3 is 2.50 bits per heavy atom. The molecule has 1 unspecified atom stereocenters. The molecule has 0 bridgehead atoms. The number of hydrogen-bond acceptors (Lipinski definition) is 9. The quantitative estimate of drug-likeness (QED) is 0.0827. The summed E-state index contributed by atoms with van der Waals surface area (Å²) in [7, 11) is 1.27. The van der Waals surface area contributed by atoms with Crippen LogP contribution in [-0.4, -0.2) is 57.4 Å². The van der Waals surface area contributed by atoms with Gasteiger partial charge in [0.25, 0.3) is 17.5 Å². The van der Waals surface area contributed by atoms with Crippen molar-refractivity contribution in [3.05, 3.63) is 136 Å². The van der Waals surface area contributed by atoms with Crippen molar-refractivity contribution in [3.63, 3.8) is 0 Å².